The quantitative estimate of drug-likeness (QED) is 0.622. The molecular weight excluding hydrogens is 258 g/mol. The molecule has 0 aliphatic heterocycles. The average Bonchev–Trinajstić information content (AvgIpc) is 2.51. The van der Waals surface area contributed by atoms with Crippen LogP contribution in [0.25, 0.3) is 0 Å². The number of benzene rings is 2. The fraction of sp³-hybridized carbons (Fsp3) is 0.278. The summed E-state index contributed by atoms with van der Waals surface area (Å²) in [5.41, 5.74) is 9.06. The lowest BCUT2D eigenvalue weighted by atomic mass is 10.1. The monoisotopic (exact) mass is 279 g/mol. The van der Waals surface area contributed by atoms with Crippen molar-refractivity contribution in [3.8, 4) is 6.07 Å². The van der Waals surface area contributed by atoms with E-state index in [0.29, 0.717) is 6.42 Å². The van der Waals surface area contributed by atoms with Gasteiger partial charge in [0.2, 0.25) is 0 Å². The molecule has 0 bridgehead atoms. The van der Waals surface area contributed by atoms with E-state index in [0.717, 1.165) is 31.7 Å². The lowest BCUT2D eigenvalue weighted by Crippen LogP contribution is -2.24. The molecule has 0 radical (unpaired) electrons. The Morgan fingerprint density at radius 1 is 0.905 bits per heavy atom. The zero-order chi connectivity index (χ0) is 14.9. The van der Waals surface area contributed by atoms with Gasteiger partial charge in [-0.15, -0.1) is 0 Å². The van der Waals surface area contributed by atoms with Gasteiger partial charge in [-0.05, 0) is 36.2 Å². The van der Waals surface area contributed by atoms with E-state index in [2.05, 4.69) is 47.4 Å². The van der Waals surface area contributed by atoms with Crippen LogP contribution >= 0.6 is 0 Å². The van der Waals surface area contributed by atoms with E-state index in [1.807, 2.05) is 18.2 Å². The minimum atomic E-state index is 0.604. The molecule has 0 spiro atoms. The maximum absolute atomic E-state index is 8.71. The highest BCUT2D eigenvalue weighted by atomic mass is 15.1. The first-order valence-corrected chi connectivity index (χ1v) is 7.25. The largest absolute Gasteiger partial charge is 0.399 e. The zero-order valence-corrected chi connectivity index (χ0v) is 12.2. The van der Waals surface area contributed by atoms with Crippen LogP contribution in [0.3, 0.4) is 0 Å². The topological polar surface area (TPSA) is 53.0 Å². The van der Waals surface area contributed by atoms with Crippen molar-refractivity contribution < 1.29 is 0 Å². The number of hydrogen-bond donors (Lipinski definition) is 1. The summed E-state index contributed by atoms with van der Waals surface area (Å²) in [5.74, 6) is 0. The predicted octanol–water partition coefficient (Wildman–Crippen LogP) is 3.57. The van der Waals surface area contributed by atoms with Crippen molar-refractivity contribution in [2.24, 2.45) is 0 Å². The molecular formula is C18H21N3. The maximum atomic E-state index is 8.71. The highest BCUT2D eigenvalue weighted by Gasteiger charge is 2.07. The molecule has 0 unspecified atom stereocenters. The highest BCUT2D eigenvalue weighted by Crippen LogP contribution is 2.12. The van der Waals surface area contributed by atoms with Crippen LogP contribution in [0, 0.1) is 11.3 Å². The van der Waals surface area contributed by atoms with Crippen LogP contribution in [-0.4, -0.2) is 11.4 Å². The highest BCUT2D eigenvalue weighted by molar-refractivity contribution is 5.39. The summed E-state index contributed by atoms with van der Waals surface area (Å²) < 4.78 is 0. The first-order chi connectivity index (χ1) is 10.3. The van der Waals surface area contributed by atoms with Crippen molar-refractivity contribution in [1.82, 2.24) is 4.90 Å². The van der Waals surface area contributed by atoms with Gasteiger partial charge in [0.25, 0.3) is 0 Å². The molecule has 2 rings (SSSR count). The molecule has 0 fully saturated rings. The van der Waals surface area contributed by atoms with Gasteiger partial charge in [-0.3, -0.25) is 4.90 Å². The van der Waals surface area contributed by atoms with Gasteiger partial charge >= 0.3 is 0 Å². The van der Waals surface area contributed by atoms with Gasteiger partial charge in [-0.2, -0.15) is 5.26 Å². The van der Waals surface area contributed by atoms with Crippen LogP contribution in [-0.2, 0) is 13.1 Å². The van der Waals surface area contributed by atoms with Gasteiger partial charge in [0.15, 0.2) is 0 Å². The summed E-state index contributed by atoms with van der Waals surface area (Å²) in [4.78, 5) is 2.37. The number of nitrogens with two attached hydrogens (primary N) is 1. The second-order valence-corrected chi connectivity index (χ2v) is 5.20. The van der Waals surface area contributed by atoms with E-state index in [-0.39, 0.29) is 0 Å². The molecule has 2 N–H and O–H groups in total. The molecule has 108 valence electrons. The van der Waals surface area contributed by atoms with Crippen molar-refractivity contribution in [2.75, 3.05) is 12.3 Å². The molecule has 2 aromatic carbocycles. The molecule has 0 amide bonds. The number of unbranched alkanes of at least 4 members (excludes halogenated alkanes) is 1. The molecule has 0 aliphatic carbocycles. The smallest absolute Gasteiger partial charge is 0.0622 e. The lowest BCUT2D eigenvalue weighted by Gasteiger charge is -2.22. The minimum absolute atomic E-state index is 0.604. The number of nitrogens with zero attached hydrogens (tertiary/aromatic N) is 2. The van der Waals surface area contributed by atoms with Crippen LogP contribution in [0.1, 0.15) is 24.0 Å². The van der Waals surface area contributed by atoms with E-state index in [4.69, 9.17) is 11.0 Å². The Bertz CT molecular complexity index is 570. The maximum Gasteiger partial charge on any atom is 0.0622 e. The Morgan fingerprint density at radius 3 is 2.14 bits per heavy atom. The van der Waals surface area contributed by atoms with Crippen LogP contribution in [0.5, 0.6) is 0 Å². The Labute approximate surface area is 126 Å². The number of anilines is 1. The van der Waals surface area contributed by atoms with Crippen molar-refractivity contribution in [1.29, 1.82) is 5.26 Å². The minimum Gasteiger partial charge on any atom is -0.399 e. The normalized spacial score (nSPS) is 10.5. The van der Waals surface area contributed by atoms with Crippen molar-refractivity contribution in [2.45, 2.75) is 25.9 Å². The number of hydrogen-bond acceptors (Lipinski definition) is 3. The molecule has 21 heavy (non-hydrogen) atoms. The van der Waals surface area contributed by atoms with Gasteiger partial charge in [-0.1, -0.05) is 42.5 Å². The van der Waals surface area contributed by atoms with E-state index < -0.39 is 0 Å². The van der Waals surface area contributed by atoms with E-state index >= 15 is 0 Å². The summed E-state index contributed by atoms with van der Waals surface area (Å²) in [6.07, 6.45) is 1.51. The summed E-state index contributed by atoms with van der Waals surface area (Å²) >= 11 is 0. The fourth-order valence-corrected chi connectivity index (χ4v) is 2.32. The van der Waals surface area contributed by atoms with Gasteiger partial charge in [-0.25, -0.2) is 0 Å². The van der Waals surface area contributed by atoms with E-state index in [1.165, 1.54) is 11.1 Å². The number of nitrogen functional groups attached to an aromatic ring is 1. The molecule has 3 nitrogen and oxygen atoms in total. The molecule has 3 heteroatoms. The van der Waals surface area contributed by atoms with Gasteiger partial charge < -0.3 is 5.73 Å². The molecule has 0 saturated carbocycles. The third-order valence-corrected chi connectivity index (χ3v) is 3.40. The zero-order valence-electron chi connectivity index (χ0n) is 12.2. The molecule has 0 heterocycles. The van der Waals surface area contributed by atoms with Crippen LogP contribution < -0.4 is 5.73 Å². The SMILES string of the molecule is N#CCCCN(Cc1ccccc1)Cc1ccc(N)cc1. The predicted molar refractivity (Wildman–Crippen MR) is 86.3 cm³/mol. The summed E-state index contributed by atoms with van der Waals surface area (Å²) in [5, 5.41) is 8.71. The molecule has 0 saturated heterocycles. The molecule has 0 aromatic heterocycles. The molecule has 0 aliphatic rings. The first kappa shape index (κ1) is 15.1. The summed E-state index contributed by atoms with van der Waals surface area (Å²) in [6, 6.07) is 20.7. The Morgan fingerprint density at radius 2 is 1.52 bits per heavy atom. The third kappa shape index (κ3) is 5.29. The van der Waals surface area contributed by atoms with Crippen molar-refractivity contribution in [3.05, 3.63) is 65.7 Å². The fourth-order valence-electron chi connectivity index (χ4n) is 2.32. The molecule has 0 atom stereocenters. The van der Waals surface area contributed by atoms with E-state index in [1.54, 1.807) is 0 Å². The van der Waals surface area contributed by atoms with Crippen molar-refractivity contribution >= 4 is 5.69 Å². The summed E-state index contributed by atoms with van der Waals surface area (Å²) in [6.45, 7) is 2.70. The Kier molecular flexibility index (Phi) is 5.81. The van der Waals surface area contributed by atoms with Crippen LogP contribution in [0.2, 0.25) is 0 Å². The number of rotatable bonds is 7. The van der Waals surface area contributed by atoms with Gasteiger partial charge in [0.1, 0.15) is 0 Å². The second-order valence-electron chi connectivity index (χ2n) is 5.20. The molecule has 2 aromatic rings. The first-order valence-electron chi connectivity index (χ1n) is 7.25. The Hall–Kier alpha value is -2.31. The van der Waals surface area contributed by atoms with Gasteiger partial charge in [0, 0.05) is 25.2 Å². The van der Waals surface area contributed by atoms with Crippen LogP contribution in [0.15, 0.2) is 54.6 Å². The van der Waals surface area contributed by atoms with Crippen LogP contribution in [0.4, 0.5) is 5.69 Å². The lowest BCUT2D eigenvalue weighted by molar-refractivity contribution is 0.254. The summed E-state index contributed by atoms with van der Waals surface area (Å²) in [7, 11) is 0. The standard InChI is InChI=1S/C18H21N3/c19-12-4-5-13-21(14-16-6-2-1-3-7-16)15-17-8-10-18(20)11-9-17/h1-3,6-11H,4-5,13-15,20H2. The Balaban J connectivity index is 2.01. The average molecular weight is 279 g/mol. The van der Waals surface area contributed by atoms with Gasteiger partial charge in [0.05, 0.1) is 6.07 Å². The van der Waals surface area contributed by atoms with Crippen molar-refractivity contribution in [3.63, 3.8) is 0 Å². The second kappa shape index (κ2) is 8.08. The number of nitriles is 1. The third-order valence-electron chi connectivity index (χ3n) is 3.40. The van der Waals surface area contributed by atoms with E-state index in [9.17, 15) is 0 Å².